The topological polar surface area (TPSA) is 29.3 Å². The van der Waals surface area contributed by atoms with E-state index in [-0.39, 0.29) is 0 Å². The molecular weight excluding hydrogens is 316 g/mol. The van der Waals surface area contributed by atoms with Crippen LogP contribution in [0.15, 0.2) is 97.1 Å². The molecule has 0 aliphatic heterocycles. The van der Waals surface area contributed by atoms with Gasteiger partial charge in [0, 0.05) is 24.5 Å². The lowest BCUT2D eigenvalue weighted by atomic mass is 10.1. The van der Waals surface area contributed by atoms with Crippen molar-refractivity contribution >= 4 is 22.1 Å². The lowest BCUT2D eigenvalue weighted by molar-refractivity contribution is 0.801. The van der Waals surface area contributed by atoms with Gasteiger partial charge in [-0.05, 0) is 46.2 Å². The number of nitrogens with zero attached hydrogens (tertiary/aromatic N) is 1. The van der Waals surface area contributed by atoms with E-state index in [2.05, 4.69) is 89.8 Å². The van der Waals surface area contributed by atoms with Crippen LogP contribution in [0.1, 0.15) is 11.1 Å². The summed E-state index contributed by atoms with van der Waals surface area (Å²) in [5.41, 5.74) is 10.5. The Morgan fingerprint density at radius 2 is 1.12 bits per heavy atom. The Labute approximate surface area is 154 Å². The first-order chi connectivity index (χ1) is 12.8. The standard InChI is InChI=1S/C24H22N2/c25-23-13-11-22-16-24(14-12-21(22)15-23)26(17-19-7-3-1-4-8-19)18-20-9-5-2-6-10-20/h1-16H,17-18,25H2. The highest BCUT2D eigenvalue weighted by molar-refractivity contribution is 5.88. The molecule has 0 fully saturated rings. The molecule has 0 saturated heterocycles. The summed E-state index contributed by atoms with van der Waals surface area (Å²) in [6.07, 6.45) is 0. The number of benzene rings is 4. The summed E-state index contributed by atoms with van der Waals surface area (Å²) in [5, 5.41) is 2.39. The average molecular weight is 338 g/mol. The van der Waals surface area contributed by atoms with Gasteiger partial charge in [0.15, 0.2) is 0 Å². The van der Waals surface area contributed by atoms with Gasteiger partial charge in [0.05, 0.1) is 0 Å². The molecule has 0 saturated carbocycles. The Hall–Kier alpha value is -3.26. The Morgan fingerprint density at radius 3 is 1.73 bits per heavy atom. The normalized spacial score (nSPS) is 10.8. The molecular formula is C24H22N2. The third-order valence-electron chi connectivity index (χ3n) is 4.65. The Bertz CT molecular complexity index is 953. The first-order valence-electron chi connectivity index (χ1n) is 8.90. The number of hydrogen-bond donors (Lipinski definition) is 1. The molecule has 0 radical (unpaired) electrons. The van der Waals surface area contributed by atoms with Crippen molar-refractivity contribution < 1.29 is 0 Å². The molecule has 26 heavy (non-hydrogen) atoms. The summed E-state index contributed by atoms with van der Waals surface area (Å²) in [6.45, 7) is 1.74. The maximum Gasteiger partial charge on any atom is 0.0433 e. The van der Waals surface area contributed by atoms with Crippen LogP contribution in [0.5, 0.6) is 0 Å². The highest BCUT2D eigenvalue weighted by atomic mass is 15.1. The summed E-state index contributed by atoms with van der Waals surface area (Å²) in [5.74, 6) is 0. The monoisotopic (exact) mass is 338 g/mol. The van der Waals surface area contributed by atoms with Gasteiger partial charge < -0.3 is 10.6 Å². The maximum absolute atomic E-state index is 5.92. The first kappa shape index (κ1) is 16.2. The fourth-order valence-corrected chi connectivity index (χ4v) is 3.29. The van der Waals surface area contributed by atoms with Gasteiger partial charge in [0.1, 0.15) is 0 Å². The van der Waals surface area contributed by atoms with Crippen molar-refractivity contribution in [2.75, 3.05) is 10.6 Å². The van der Waals surface area contributed by atoms with Crippen molar-refractivity contribution in [1.29, 1.82) is 0 Å². The van der Waals surface area contributed by atoms with Crippen LogP contribution in [0, 0.1) is 0 Å². The van der Waals surface area contributed by atoms with E-state index >= 15 is 0 Å². The molecule has 0 aromatic heterocycles. The Balaban J connectivity index is 1.70. The van der Waals surface area contributed by atoms with Gasteiger partial charge in [-0.1, -0.05) is 72.8 Å². The Kier molecular flexibility index (Phi) is 4.57. The maximum atomic E-state index is 5.92. The molecule has 0 amide bonds. The van der Waals surface area contributed by atoms with Crippen LogP contribution in [0.2, 0.25) is 0 Å². The second-order valence-corrected chi connectivity index (χ2v) is 6.62. The van der Waals surface area contributed by atoms with Gasteiger partial charge >= 0.3 is 0 Å². The van der Waals surface area contributed by atoms with Gasteiger partial charge in [-0.2, -0.15) is 0 Å². The van der Waals surface area contributed by atoms with Crippen LogP contribution < -0.4 is 10.6 Å². The van der Waals surface area contributed by atoms with E-state index in [0.717, 1.165) is 18.8 Å². The number of nitrogen functional groups attached to an aromatic ring is 1. The third kappa shape index (κ3) is 3.70. The van der Waals surface area contributed by atoms with E-state index < -0.39 is 0 Å². The van der Waals surface area contributed by atoms with Gasteiger partial charge in [-0.25, -0.2) is 0 Å². The highest BCUT2D eigenvalue weighted by Gasteiger charge is 2.09. The van der Waals surface area contributed by atoms with Crippen LogP contribution in [0.25, 0.3) is 10.8 Å². The molecule has 0 spiro atoms. The average Bonchev–Trinajstić information content (AvgIpc) is 2.69. The molecule has 0 atom stereocenters. The third-order valence-corrected chi connectivity index (χ3v) is 4.65. The number of hydrogen-bond acceptors (Lipinski definition) is 2. The Morgan fingerprint density at radius 1 is 0.577 bits per heavy atom. The predicted octanol–water partition coefficient (Wildman–Crippen LogP) is 5.63. The molecule has 2 N–H and O–H groups in total. The van der Waals surface area contributed by atoms with Crippen molar-refractivity contribution in [2.24, 2.45) is 0 Å². The zero-order chi connectivity index (χ0) is 17.8. The van der Waals surface area contributed by atoms with Crippen LogP contribution in [0.3, 0.4) is 0 Å². The minimum atomic E-state index is 0.802. The molecule has 0 heterocycles. The summed E-state index contributed by atoms with van der Waals surface area (Å²) in [6, 6.07) is 33.9. The second-order valence-electron chi connectivity index (χ2n) is 6.62. The minimum Gasteiger partial charge on any atom is -0.399 e. The van der Waals surface area contributed by atoms with E-state index in [9.17, 15) is 0 Å². The van der Waals surface area contributed by atoms with Gasteiger partial charge in [0.25, 0.3) is 0 Å². The van der Waals surface area contributed by atoms with E-state index in [1.807, 2.05) is 12.1 Å². The molecule has 0 aliphatic carbocycles. The summed E-state index contributed by atoms with van der Waals surface area (Å²) >= 11 is 0. The van der Waals surface area contributed by atoms with E-state index in [1.165, 1.54) is 27.6 Å². The van der Waals surface area contributed by atoms with E-state index in [1.54, 1.807) is 0 Å². The van der Waals surface area contributed by atoms with Crippen molar-refractivity contribution in [2.45, 2.75) is 13.1 Å². The lowest BCUT2D eigenvalue weighted by Gasteiger charge is -2.26. The molecule has 2 heteroatoms. The number of fused-ring (bicyclic) bond motifs is 1. The first-order valence-corrected chi connectivity index (χ1v) is 8.90. The number of rotatable bonds is 5. The largest absolute Gasteiger partial charge is 0.399 e. The van der Waals surface area contributed by atoms with Crippen molar-refractivity contribution in [3.8, 4) is 0 Å². The lowest BCUT2D eigenvalue weighted by Crippen LogP contribution is -2.22. The number of nitrogens with two attached hydrogens (primary N) is 1. The summed E-state index contributed by atoms with van der Waals surface area (Å²) < 4.78 is 0. The van der Waals surface area contributed by atoms with Gasteiger partial charge in [-0.3, -0.25) is 0 Å². The van der Waals surface area contributed by atoms with Gasteiger partial charge in [-0.15, -0.1) is 0 Å². The zero-order valence-electron chi connectivity index (χ0n) is 14.7. The molecule has 4 aromatic carbocycles. The second kappa shape index (κ2) is 7.32. The molecule has 0 bridgehead atoms. The van der Waals surface area contributed by atoms with Crippen LogP contribution >= 0.6 is 0 Å². The van der Waals surface area contributed by atoms with E-state index in [4.69, 9.17) is 5.73 Å². The predicted molar refractivity (Wildman–Crippen MR) is 111 cm³/mol. The summed E-state index contributed by atoms with van der Waals surface area (Å²) in [4.78, 5) is 2.42. The fourth-order valence-electron chi connectivity index (χ4n) is 3.29. The van der Waals surface area contributed by atoms with Crippen LogP contribution in [-0.2, 0) is 13.1 Å². The van der Waals surface area contributed by atoms with E-state index in [0.29, 0.717) is 0 Å². The molecule has 2 nitrogen and oxygen atoms in total. The minimum absolute atomic E-state index is 0.802. The SMILES string of the molecule is Nc1ccc2cc(N(Cc3ccccc3)Cc3ccccc3)ccc2c1. The molecule has 0 aliphatic rings. The molecule has 128 valence electrons. The van der Waals surface area contributed by atoms with Crippen LogP contribution in [-0.4, -0.2) is 0 Å². The quantitative estimate of drug-likeness (QED) is 0.478. The fraction of sp³-hybridized carbons (Fsp3) is 0.0833. The van der Waals surface area contributed by atoms with Gasteiger partial charge in [0.2, 0.25) is 0 Å². The molecule has 4 rings (SSSR count). The number of anilines is 2. The van der Waals surface area contributed by atoms with Crippen molar-refractivity contribution in [3.63, 3.8) is 0 Å². The smallest absolute Gasteiger partial charge is 0.0433 e. The van der Waals surface area contributed by atoms with Crippen molar-refractivity contribution in [1.82, 2.24) is 0 Å². The van der Waals surface area contributed by atoms with Crippen molar-refractivity contribution in [3.05, 3.63) is 108 Å². The zero-order valence-corrected chi connectivity index (χ0v) is 14.7. The van der Waals surface area contributed by atoms with Crippen LogP contribution in [0.4, 0.5) is 11.4 Å². The molecule has 4 aromatic rings. The molecule has 0 unspecified atom stereocenters. The summed E-state index contributed by atoms with van der Waals surface area (Å²) in [7, 11) is 0. The highest BCUT2D eigenvalue weighted by Crippen LogP contribution is 2.26.